The van der Waals surface area contributed by atoms with E-state index in [2.05, 4.69) is 30.5 Å². The quantitative estimate of drug-likeness (QED) is 0.870. The Bertz CT molecular complexity index is 712. The number of urea groups is 1. The number of fused-ring (bicyclic) bond motifs is 1. The molecule has 1 unspecified atom stereocenters. The van der Waals surface area contributed by atoms with E-state index in [9.17, 15) is 4.79 Å². The van der Waals surface area contributed by atoms with E-state index >= 15 is 0 Å². The molecule has 5 nitrogen and oxygen atoms in total. The molecule has 1 aromatic carbocycles. The van der Waals surface area contributed by atoms with Crippen molar-refractivity contribution >= 4 is 17.0 Å². The summed E-state index contributed by atoms with van der Waals surface area (Å²) in [7, 11) is 0. The first-order valence-corrected chi connectivity index (χ1v) is 8.69. The minimum absolute atomic E-state index is 0. The van der Waals surface area contributed by atoms with Crippen LogP contribution in [0.4, 0.5) is 4.79 Å². The molecule has 2 atom stereocenters. The van der Waals surface area contributed by atoms with E-state index in [-0.39, 0.29) is 26.9 Å². The van der Waals surface area contributed by atoms with E-state index in [1.54, 1.807) is 0 Å². The van der Waals surface area contributed by atoms with Crippen LogP contribution in [0.15, 0.2) is 28.7 Å². The summed E-state index contributed by atoms with van der Waals surface area (Å²) in [6.45, 7) is 7.59. The average molecular weight is 334 g/mol. The number of aryl methyl sites for hydroxylation is 1. The topological polar surface area (TPSA) is 63.5 Å². The second-order valence-electron chi connectivity index (χ2n) is 6.84. The lowest BCUT2D eigenvalue weighted by molar-refractivity contribution is 0.0728. The van der Waals surface area contributed by atoms with Crippen molar-refractivity contribution in [2.24, 2.45) is 5.92 Å². The molecule has 24 heavy (non-hydrogen) atoms. The van der Waals surface area contributed by atoms with Crippen molar-refractivity contribution in [3.05, 3.63) is 35.6 Å². The van der Waals surface area contributed by atoms with Crippen LogP contribution in [-0.2, 0) is 4.74 Å². The Morgan fingerprint density at radius 3 is 2.79 bits per heavy atom. The van der Waals surface area contributed by atoms with Crippen molar-refractivity contribution < 1.29 is 16.8 Å². The maximum atomic E-state index is 12.4. The minimum Gasteiger partial charge on any atom is -0.459 e. The van der Waals surface area contributed by atoms with Crippen LogP contribution in [0.5, 0.6) is 0 Å². The van der Waals surface area contributed by atoms with Gasteiger partial charge in [0.25, 0.3) is 0 Å². The third kappa shape index (κ3) is 3.56. The minimum atomic E-state index is -0.165. The number of furan rings is 1. The van der Waals surface area contributed by atoms with Crippen molar-refractivity contribution in [2.45, 2.75) is 45.7 Å². The van der Waals surface area contributed by atoms with E-state index < -0.39 is 0 Å². The predicted molar refractivity (Wildman–Crippen MR) is 98.3 cm³/mol. The van der Waals surface area contributed by atoms with Crippen LogP contribution < -0.4 is 10.6 Å². The molecule has 0 saturated carbocycles. The normalized spacial score (nSPS) is 19.4. The van der Waals surface area contributed by atoms with Gasteiger partial charge in [0.2, 0.25) is 0 Å². The molecule has 2 amide bonds. The van der Waals surface area contributed by atoms with Crippen molar-refractivity contribution in [1.82, 2.24) is 10.6 Å². The number of para-hydroxylation sites is 1. The molecule has 134 valence electrons. The summed E-state index contributed by atoms with van der Waals surface area (Å²) < 4.78 is 11.5. The van der Waals surface area contributed by atoms with Gasteiger partial charge in [0, 0.05) is 20.4 Å². The van der Waals surface area contributed by atoms with Gasteiger partial charge < -0.3 is 19.8 Å². The van der Waals surface area contributed by atoms with Crippen LogP contribution in [0.3, 0.4) is 0 Å². The lowest BCUT2D eigenvalue weighted by atomic mass is 9.98. The Hall–Kier alpha value is -2.01. The van der Waals surface area contributed by atoms with Crippen molar-refractivity contribution in [3.8, 4) is 0 Å². The number of carbonyl (C=O) groups is 1. The number of nitrogens with one attached hydrogen (secondary N) is 2. The SMILES string of the molecule is Cc1c([C@H](NC(=O)NC2CCCOC2)C(C)C)oc2ccccc12.[HH].[HH]. The Labute approximate surface area is 145 Å². The number of hydrogen-bond donors (Lipinski definition) is 2. The lowest BCUT2D eigenvalue weighted by Gasteiger charge is -2.26. The number of hydrogen-bond acceptors (Lipinski definition) is 3. The lowest BCUT2D eigenvalue weighted by Crippen LogP contribution is -2.47. The zero-order valence-corrected chi connectivity index (χ0v) is 14.6. The van der Waals surface area contributed by atoms with E-state index in [1.807, 2.05) is 25.1 Å². The molecule has 0 radical (unpaired) electrons. The van der Waals surface area contributed by atoms with Crippen LogP contribution in [0.1, 0.15) is 46.9 Å². The van der Waals surface area contributed by atoms with Crippen molar-refractivity contribution in [1.29, 1.82) is 0 Å². The van der Waals surface area contributed by atoms with Gasteiger partial charge in [-0.15, -0.1) is 0 Å². The standard InChI is InChI=1S/C19H26N2O3.2H2/c1-12(2)17(21-19(22)20-14-7-6-10-23-11-14)18-13(3)15-8-4-5-9-16(15)24-18;;/h4-5,8-9,12,14,17H,6-7,10-11H2,1-3H3,(H2,20,21,22);2*1H/t14?,17-;;/m1../s1. The highest BCUT2D eigenvalue weighted by Crippen LogP contribution is 2.32. The van der Waals surface area contributed by atoms with Crippen molar-refractivity contribution in [3.63, 3.8) is 0 Å². The molecule has 2 N–H and O–H groups in total. The van der Waals surface area contributed by atoms with Gasteiger partial charge in [0.1, 0.15) is 11.3 Å². The summed E-state index contributed by atoms with van der Waals surface area (Å²) in [6, 6.07) is 7.73. The zero-order chi connectivity index (χ0) is 17.1. The molecular weight excluding hydrogens is 304 g/mol. The fraction of sp³-hybridized carbons (Fsp3) is 0.526. The molecule has 1 aromatic heterocycles. The second-order valence-corrected chi connectivity index (χ2v) is 6.84. The van der Waals surface area contributed by atoms with Gasteiger partial charge in [-0.1, -0.05) is 32.0 Å². The van der Waals surface area contributed by atoms with Crippen LogP contribution in [0.2, 0.25) is 0 Å². The molecule has 1 aliphatic rings. The molecule has 0 bridgehead atoms. The summed E-state index contributed by atoms with van der Waals surface area (Å²) in [5, 5.41) is 7.19. The predicted octanol–water partition coefficient (Wildman–Crippen LogP) is 4.41. The number of benzene rings is 1. The van der Waals surface area contributed by atoms with E-state index in [1.165, 1.54) is 0 Å². The second kappa shape index (κ2) is 7.26. The molecule has 1 saturated heterocycles. The third-order valence-electron chi connectivity index (χ3n) is 4.61. The zero-order valence-electron chi connectivity index (χ0n) is 14.6. The number of rotatable bonds is 4. The maximum Gasteiger partial charge on any atom is 0.315 e. The van der Waals surface area contributed by atoms with Gasteiger partial charge in [0.05, 0.1) is 18.7 Å². The van der Waals surface area contributed by atoms with Gasteiger partial charge in [0.15, 0.2) is 0 Å². The fourth-order valence-corrected chi connectivity index (χ4v) is 3.25. The number of amides is 2. The summed E-state index contributed by atoms with van der Waals surface area (Å²) in [5.74, 6) is 1.05. The van der Waals surface area contributed by atoms with Crippen LogP contribution in [-0.4, -0.2) is 25.3 Å². The Kier molecular flexibility index (Phi) is 5.09. The molecule has 5 heteroatoms. The van der Waals surface area contributed by atoms with Crippen molar-refractivity contribution in [2.75, 3.05) is 13.2 Å². The van der Waals surface area contributed by atoms with Crippen LogP contribution >= 0.6 is 0 Å². The maximum absolute atomic E-state index is 12.4. The monoisotopic (exact) mass is 334 g/mol. The molecule has 3 rings (SSSR count). The number of ether oxygens (including phenoxy) is 1. The molecule has 0 aliphatic carbocycles. The van der Waals surface area contributed by atoms with Gasteiger partial charge in [-0.2, -0.15) is 0 Å². The first kappa shape index (κ1) is 16.8. The number of carbonyl (C=O) groups excluding carboxylic acids is 1. The highest BCUT2D eigenvalue weighted by Gasteiger charge is 2.26. The van der Waals surface area contributed by atoms with E-state index in [4.69, 9.17) is 9.15 Å². The Balaban J connectivity index is 0.00000169. The first-order chi connectivity index (χ1) is 11.6. The first-order valence-electron chi connectivity index (χ1n) is 8.69. The summed E-state index contributed by atoms with van der Waals surface area (Å²) in [4.78, 5) is 12.4. The molecule has 2 aromatic rings. The Morgan fingerprint density at radius 2 is 2.12 bits per heavy atom. The highest BCUT2D eigenvalue weighted by molar-refractivity contribution is 5.82. The average Bonchev–Trinajstić information content (AvgIpc) is 2.90. The molecule has 0 spiro atoms. The van der Waals surface area contributed by atoms with Crippen LogP contribution in [0.25, 0.3) is 11.0 Å². The molecular formula is C19H30N2O3. The summed E-state index contributed by atoms with van der Waals surface area (Å²) in [6.07, 6.45) is 1.95. The molecule has 2 heterocycles. The van der Waals surface area contributed by atoms with Crippen LogP contribution in [0, 0.1) is 12.8 Å². The third-order valence-corrected chi connectivity index (χ3v) is 4.61. The molecule has 1 fully saturated rings. The Morgan fingerprint density at radius 1 is 1.33 bits per heavy atom. The highest BCUT2D eigenvalue weighted by atomic mass is 16.5. The summed E-state index contributed by atoms with van der Waals surface area (Å²) in [5.41, 5.74) is 1.95. The molecule has 1 aliphatic heterocycles. The van der Waals surface area contributed by atoms with Gasteiger partial charge in [-0.05, 0) is 31.7 Å². The van der Waals surface area contributed by atoms with Gasteiger partial charge in [-0.3, -0.25) is 0 Å². The van der Waals surface area contributed by atoms with E-state index in [0.717, 1.165) is 41.7 Å². The van der Waals surface area contributed by atoms with Gasteiger partial charge >= 0.3 is 6.03 Å². The van der Waals surface area contributed by atoms with Gasteiger partial charge in [-0.25, -0.2) is 4.79 Å². The largest absolute Gasteiger partial charge is 0.459 e. The summed E-state index contributed by atoms with van der Waals surface area (Å²) >= 11 is 0. The van der Waals surface area contributed by atoms with E-state index in [0.29, 0.717) is 6.61 Å². The fourth-order valence-electron chi connectivity index (χ4n) is 3.25. The smallest absolute Gasteiger partial charge is 0.315 e.